The van der Waals surface area contributed by atoms with Crippen LogP contribution in [0, 0.1) is 5.82 Å². The van der Waals surface area contributed by atoms with E-state index in [0.29, 0.717) is 5.56 Å². The maximum Gasteiger partial charge on any atom is 0.416 e. The van der Waals surface area contributed by atoms with Gasteiger partial charge >= 0.3 is 6.18 Å². The first-order valence-electron chi connectivity index (χ1n) is 5.15. The first-order chi connectivity index (χ1) is 9.20. The largest absolute Gasteiger partial charge is 0.416 e. The molecule has 0 nitrogen and oxygen atoms in total. The van der Waals surface area contributed by atoms with Crippen molar-refractivity contribution in [1.29, 1.82) is 0 Å². The minimum atomic E-state index is -4.50. The van der Waals surface area contributed by atoms with Gasteiger partial charge in [-0.15, -0.1) is 11.3 Å². The molecule has 8 heteroatoms. The molecule has 0 aliphatic carbocycles. The van der Waals surface area contributed by atoms with E-state index in [1.54, 1.807) is 6.07 Å². The quantitative estimate of drug-likeness (QED) is 0.313. The fourth-order valence-corrected chi connectivity index (χ4v) is 5.68. The number of rotatable bonds is 2. The highest BCUT2D eigenvalue weighted by Gasteiger charge is 2.32. The van der Waals surface area contributed by atoms with Gasteiger partial charge in [-0.25, -0.2) is 4.39 Å². The van der Waals surface area contributed by atoms with Crippen molar-refractivity contribution in [2.45, 2.75) is 11.0 Å². The van der Waals surface area contributed by atoms with Gasteiger partial charge in [-0.1, -0.05) is 15.9 Å². The molecule has 2 rings (SSSR count). The van der Waals surface area contributed by atoms with Crippen LogP contribution in [0.2, 0.25) is 0 Å². The van der Waals surface area contributed by atoms with Crippen molar-refractivity contribution >= 4 is 59.1 Å². The molecule has 0 amide bonds. The van der Waals surface area contributed by atoms with E-state index in [4.69, 9.17) is 0 Å². The van der Waals surface area contributed by atoms with E-state index in [-0.39, 0.29) is 5.56 Å². The van der Waals surface area contributed by atoms with Crippen LogP contribution in [0.1, 0.15) is 21.5 Å². The van der Waals surface area contributed by atoms with Gasteiger partial charge < -0.3 is 0 Å². The Labute approximate surface area is 141 Å². The summed E-state index contributed by atoms with van der Waals surface area (Å²) in [6, 6.07) is 4.12. The molecule has 1 aromatic carbocycles. The average molecular weight is 497 g/mol. The molecule has 2 aromatic rings. The zero-order chi connectivity index (χ0) is 15.1. The highest BCUT2D eigenvalue weighted by molar-refractivity contribution is 9.12. The molecule has 0 bridgehead atoms. The lowest BCUT2D eigenvalue weighted by Crippen LogP contribution is -2.07. The molecule has 1 heterocycles. The third-order valence-electron chi connectivity index (χ3n) is 2.55. The molecule has 20 heavy (non-hydrogen) atoms. The first-order valence-corrected chi connectivity index (χ1v) is 8.47. The van der Waals surface area contributed by atoms with Crippen molar-refractivity contribution in [1.82, 2.24) is 0 Å². The van der Waals surface area contributed by atoms with E-state index in [1.807, 2.05) is 0 Å². The second-order valence-electron chi connectivity index (χ2n) is 3.88. The number of alkyl halides is 4. The van der Waals surface area contributed by atoms with Crippen molar-refractivity contribution in [3.8, 4) is 0 Å². The van der Waals surface area contributed by atoms with Gasteiger partial charge in [-0.05, 0) is 61.7 Å². The molecule has 0 spiro atoms. The molecule has 0 fully saturated rings. The molecular weight excluding hydrogens is 492 g/mol. The standard InChI is InChI=1S/C12H5Br3F4S/c13-9-4-7(11(15)20-9)10(14)6-3-5(12(17,18)19)1-2-8(6)16/h1-4,10H. The molecule has 108 valence electrons. The van der Waals surface area contributed by atoms with Gasteiger partial charge in [0.1, 0.15) is 5.82 Å². The van der Waals surface area contributed by atoms with Crippen molar-refractivity contribution in [3.05, 3.63) is 54.3 Å². The molecule has 0 N–H and O–H groups in total. The summed E-state index contributed by atoms with van der Waals surface area (Å²) in [5, 5.41) is 0. The zero-order valence-electron chi connectivity index (χ0n) is 9.44. The van der Waals surface area contributed by atoms with Crippen LogP contribution in [0.15, 0.2) is 31.8 Å². The van der Waals surface area contributed by atoms with Crippen LogP contribution in [-0.4, -0.2) is 0 Å². The SMILES string of the molecule is Fc1ccc(C(F)(F)F)cc1C(Br)c1cc(Br)sc1Br. The lowest BCUT2D eigenvalue weighted by molar-refractivity contribution is -0.137. The first kappa shape index (κ1) is 16.5. The normalized spacial score (nSPS) is 13.6. The van der Waals surface area contributed by atoms with Crippen LogP contribution in [-0.2, 0) is 6.18 Å². The molecule has 0 radical (unpaired) electrons. The average Bonchev–Trinajstić information content (AvgIpc) is 2.66. The molecule has 0 aliphatic heterocycles. The maximum absolute atomic E-state index is 13.8. The molecule has 1 atom stereocenters. The van der Waals surface area contributed by atoms with Crippen LogP contribution < -0.4 is 0 Å². The monoisotopic (exact) mass is 494 g/mol. The maximum atomic E-state index is 13.8. The van der Waals surface area contributed by atoms with Gasteiger partial charge in [0.15, 0.2) is 0 Å². The van der Waals surface area contributed by atoms with Crippen molar-refractivity contribution < 1.29 is 17.6 Å². The third kappa shape index (κ3) is 3.45. The van der Waals surface area contributed by atoms with E-state index in [1.165, 1.54) is 11.3 Å². The Kier molecular flexibility index (Phi) is 4.98. The van der Waals surface area contributed by atoms with E-state index in [2.05, 4.69) is 47.8 Å². The number of thiophene rings is 1. The summed E-state index contributed by atoms with van der Waals surface area (Å²) in [6.07, 6.45) is -4.50. The van der Waals surface area contributed by atoms with Crippen LogP contribution in [0.5, 0.6) is 0 Å². The molecular formula is C12H5Br3F4S. The smallest absolute Gasteiger partial charge is 0.207 e. The lowest BCUT2D eigenvalue weighted by atomic mass is 10.0. The van der Waals surface area contributed by atoms with E-state index in [0.717, 1.165) is 25.8 Å². The second kappa shape index (κ2) is 6.06. The van der Waals surface area contributed by atoms with Crippen LogP contribution >= 0.6 is 59.1 Å². The van der Waals surface area contributed by atoms with Crippen molar-refractivity contribution in [2.75, 3.05) is 0 Å². The van der Waals surface area contributed by atoms with Gasteiger partial charge in [-0.3, -0.25) is 0 Å². The number of halogens is 7. The summed E-state index contributed by atoms with van der Waals surface area (Å²) in [5.41, 5.74) is -0.255. The zero-order valence-corrected chi connectivity index (χ0v) is 15.0. The summed E-state index contributed by atoms with van der Waals surface area (Å²) in [5.74, 6) is -0.686. The van der Waals surface area contributed by atoms with E-state index >= 15 is 0 Å². The number of benzene rings is 1. The highest BCUT2D eigenvalue weighted by Crippen LogP contribution is 2.43. The predicted molar refractivity (Wildman–Crippen MR) is 81.9 cm³/mol. The topological polar surface area (TPSA) is 0 Å². The Balaban J connectivity index is 2.49. The van der Waals surface area contributed by atoms with Gasteiger partial charge in [0.2, 0.25) is 0 Å². The Bertz CT molecular complexity index is 636. The Morgan fingerprint density at radius 1 is 1.05 bits per heavy atom. The van der Waals surface area contributed by atoms with Crippen LogP contribution in [0.25, 0.3) is 0 Å². The molecule has 0 saturated carbocycles. The minimum absolute atomic E-state index is 0.0502. The fraction of sp³-hybridized carbons (Fsp3) is 0.167. The predicted octanol–water partition coefficient (Wildman–Crippen LogP) is 6.92. The summed E-state index contributed by atoms with van der Waals surface area (Å²) >= 11 is 11.2. The van der Waals surface area contributed by atoms with E-state index in [9.17, 15) is 17.6 Å². The minimum Gasteiger partial charge on any atom is -0.207 e. The highest BCUT2D eigenvalue weighted by atomic mass is 79.9. The van der Waals surface area contributed by atoms with Gasteiger partial charge in [0, 0.05) is 5.56 Å². The summed E-state index contributed by atoms with van der Waals surface area (Å²) in [7, 11) is 0. The fourth-order valence-electron chi connectivity index (χ4n) is 1.61. The Morgan fingerprint density at radius 2 is 1.70 bits per heavy atom. The molecule has 1 aromatic heterocycles. The Hall–Kier alpha value is 0.0800. The number of hydrogen-bond donors (Lipinski definition) is 0. The van der Waals surface area contributed by atoms with Crippen molar-refractivity contribution in [3.63, 3.8) is 0 Å². The molecule has 0 aliphatic rings. The van der Waals surface area contributed by atoms with Crippen LogP contribution in [0.4, 0.5) is 17.6 Å². The second-order valence-corrected chi connectivity index (χ2v) is 8.54. The van der Waals surface area contributed by atoms with E-state index < -0.39 is 22.4 Å². The van der Waals surface area contributed by atoms with Crippen molar-refractivity contribution in [2.24, 2.45) is 0 Å². The molecule has 1 unspecified atom stereocenters. The molecule has 0 saturated heterocycles. The van der Waals surface area contributed by atoms with Gasteiger partial charge in [-0.2, -0.15) is 13.2 Å². The summed E-state index contributed by atoms with van der Waals surface area (Å²) < 4.78 is 53.4. The van der Waals surface area contributed by atoms with Crippen LogP contribution in [0.3, 0.4) is 0 Å². The summed E-state index contributed by atoms with van der Waals surface area (Å²) in [6.45, 7) is 0. The summed E-state index contributed by atoms with van der Waals surface area (Å²) in [4.78, 5) is -0.665. The Morgan fingerprint density at radius 3 is 2.20 bits per heavy atom. The van der Waals surface area contributed by atoms with Gasteiger partial charge in [0.25, 0.3) is 0 Å². The lowest BCUT2D eigenvalue weighted by Gasteiger charge is -2.14. The van der Waals surface area contributed by atoms with Gasteiger partial charge in [0.05, 0.1) is 18.0 Å². The third-order valence-corrected chi connectivity index (χ3v) is 5.92. The number of hydrogen-bond acceptors (Lipinski definition) is 1.